The van der Waals surface area contributed by atoms with Crippen molar-refractivity contribution in [2.24, 2.45) is 0 Å². The second-order valence-electron chi connectivity index (χ2n) is 15.4. The van der Waals surface area contributed by atoms with Crippen molar-refractivity contribution in [1.82, 2.24) is 19.5 Å². The molecule has 0 fully saturated rings. The third-order valence-corrected chi connectivity index (χ3v) is 9.66. The molecule has 4 heterocycles. The molecule has 0 saturated carbocycles. The maximum Gasteiger partial charge on any atom is 0.120 e. The van der Waals surface area contributed by atoms with Crippen molar-refractivity contribution < 1.29 is 24.5 Å². The van der Waals surface area contributed by atoms with Gasteiger partial charge in [-0.05, 0) is 52.6 Å². The van der Waals surface area contributed by atoms with Gasteiger partial charge in [-0.3, -0.25) is 9.97 Å². The van der Waals surface area contributed by atoms with Crippen LogP contribution in [0, 0.1) is 26.0 Å². The number of hydrogen-bond acceptors (Lipinski definition) is 4. The molecule has 53 heavy (non-hydrogen) atoms. The predicted octanol–water partition coefficient (Wildman–Crippen LogP) is 12.5. The molecule has 5 nitrogen and oxygen atoms in total. The molecule has 0 bridgehead atoms. The summed E-state index contributed by atoms with van der Waals surface area (Å²) < 4.78 is 8.80. The van der Waals surface area contributed by atoms with Gasteiger partial charge in [-0.1, -0.05) is 115 Å². The maximum atomic E-state index is 6.48. The fourth-order valence-corrected chi connectivity index (χ4v) is 6.85. The molecule has 4 aromatic heterocycles. The first kappa shape index (κ1) is 37.8. The van der Waals surface area contributed by atoms with E-state index in [1.807, 2.05) is 61.9 Å². The Balaban J connectivity index is 0.000000269. The molecule has 0 aliphatic carbocycles. The van der Waals surface area contributed by atoms with Gasteiger partial charge in [0.25, 0.3) is 0 Å². The zero-order chi connectivity index (χ0) is 36.7. The van der Waals surface area contributed by atoms with E-state index < -0.39 is 0 Å². The topological polar surface area (TPSA) is 56.7 Å². The number of furan rings is 1. The van der Waals surface area contributed by atoms with Crippen molar-refractivity contribution in [3.63, 3.8) is 0 Å². The molecule has 0 N–H and O–H groups in total. The molecule has 1 radical (unpaired) electrons. The molecule has 0 atom stereocenters. The van der Waals surface area contributed by atoms with Gasteiger partial charge in [0.2, 0.25) is 0 Å². The van der Waals surface area contributed by atoms with Crippen LogP contribution in [-0.2, 0) is 25.5 Å². The summed E-state index contributed by atoms with van der Waals surface area (Å²) in [4.78, 5) is 14.4. The molecule has 0 aliphatic heterocycles. The number of fused-ring (bicyclic) bond motifs is 4. The van der Waals surface area contributed by atoms with Crippen LogP contribution in [0.2, 0.25) is 0 Å². The van der Waals surface area contributed by atoms with Gasteiger partial charge in [0.15, 0.2) is 0 Å². The van der Waals surface area contributed by atoms with E-state index in [0.717, 1.165) is 61.2 Å². The Morgan fingerprint density at radius 2 is 1.45 bits per heavy atom. The van der Waals surface area contributed by atoms with Gasteiger partial charge in [0.05, 0.1) is 28.6 Å². The number of pyridine rings is 2. The van der Waals surface area contributed by atoms with Gasteiger partial charge in [-0.25, -0.2) is 0 Å². The number of hydrogen-bond donors (Lipinski definition) is 0. The van der Waals surface area contributed by atoms with Crippen LogP contribution < -0.4 is 0 Å². The van der Waals surface area contributed by atoms with E-state index in [0.29, 0.717) is 11.8 Å². The van der Waals surface area contributed by atoms with Gasteiger partial charge >= 0.3 is 0 Å². The Bertz CT molecular complexity index is 2450. The van der Waals surface area contributed by atoms with Gasteiger partial charge in [0.1, 0.15) is 5.58 Å². The fraction of sp³-hybridized carbons (Fsp3) is 0.255. The molecule has 0 unspecified atom stereocenters. The van der Waals surface area contributed by atoms with E-state index >= 15 is 0 Å². The quantitative estimate of drug-likeness (QED) is 0.162. The second kappa shape index (κ2) is 15.2. The summed E-state index contributed by atoms with van der Waals surface area (Å²) in [6, 6.07) is 35.9. The summed E-state index contributed by atoms with van der Waals surface area (Å²) in [5, 5.41) is 2.17. The SMILES string of the molecule is CC(C)c1cccc(C(C)C)c1-n1c(-c2[c-]ccc3c2oc2ccccc23)nc2c(C(C)(C)C)cncc21.Cc1c[c-]c(-c2ccc(C)cn2)cc1.[Ir]. The standard InChI is InChI=1S/C34H34N3O.C13H12N.Ir/c1-20(2)22-13-10-14-23(21(3)4)31(22)37-28-19-35-18-27(34(5,6)7)30(28)36-33(37)26-16-11-15-25-24-12-8-9-17-29(24)38-32(25)26;1-10-3-6-12(7-4-10)13-8-5-11(2)9-14-13;/h8-15,17-21H,1-7H3;3-6,8-9H,1-2H3;/q2*-1;. The minimum Gasteiger partial charge on any atom is -0.501 e. The van der Waals surface area contributed by atoms with E-state index in [-0.39, 0.29) is 25.5 Å². The van der Waals surface area contributed by atoms with Gasteiger partial charge < -0.3 is 14.0 Å². The Morgan fingerprint density at radius 1 is 0.736 bits per heavy atom. The number of para-hydroxylation sites is 2. The third-order valence-electron chi connectivity index (χ3n) is 9.66. The molecule has 8 rings (SSSR count). The van der Waals surface area contributed by atoms with Gasteiger partial charge in [0, 0.05) is 49.1 Å². The molecule has 0 spiro atoms. The van der Waals surface area contributed by atoms with Crippen LogP contribution in [0.1, 0.15) is 88.1 Å². The normalized spacial score (nSPS) is 11.7. The van der Waals surface area contributed by atoms with Crippen LogP contribution in [0.15, 0.2) is 108 Å². The van der Waals surface area contributed by atoms with Crippen LogP contribution >= 0.6 is 0 Å². The van der Waals surface area contributed by atoms with E-state index in [9.17, 15) is 0 Å². The molecule has 0 saturated heterocycles. The molecule has 6 heteroatoms. The summed E-state index contributed by atoms with van der Waals surface area (Å²) in [5.74, 6) is 1.50. The van der Waals surface area contributed by atoms with Crippen LogP contribution in [0.3, 0.4) is 0 Å². The van der Waals surface area contributed by atoms with E-state index in [1.54, 1.807) is 0 Å². The monoisotopic (exact) mass is 875 g/mol. The van der Waals surface area contributed by atoms with Gasteiger partial charge in [-0.15, -0.1) is 53.6 Å². The molecule has 0 amide bonds. The third kappa shape index (κ3) is 7.36. The van der Waals surface area contributed by atoms with E-state index in [1.165, 1.54) is 27.9 Å². The van der Waals surface area contributed by atoms with Crippen molar-refractivity contribution in [2.75, 3.05) is 0 Å². The van der Waals surface area contributed by atoms with Crippen molar-refractivity contribution in [3.8, 4) is 28.3 Å². The van der Waals surface area contributed by atoms with Crippen molar-refractivity contribution in [1.29, 1.82) is 0 Å². The average Bonchev–Trinajstić information content (AvgIpc) is 3.70. The molecule has 8 aromatic rings. The first-order valence-electron chi connectivity index (χ1n) is 18.2. The maximum absolute atomic E-state index is 6.48. The van der Waals surface area contributed by atoms with Gasteiger partial charge in [-0.2, -0.15) is 0 Å². The van der Waals surface area contributed by atoms with Crippen LogP contribution in [0.5, 0.6) is 0 Å². The fourth-order valence-electron chi connectivity index (χ4n) is 6.85. The molecular weight excluding hydrogens is 829 g/mol. The molecule has 271 valence electrons. The smallest absolute Gasteiger partial charge is 0.120 e. The largest absolute Gasteiger partial charge is 0.501 e. The first-order valence-corrected chi connectivity index (χ1v) is 18.2. The van der Waals surface area contributed by atoms with Crippen molar-refractivity contribution in [3.05, 3.63) is 143 Å². The summed E-state index contributed by atoms with van der Waals surface area (Å²) in [6.07, 6.45) is 5.80. The minimum absolute atomic E-state index is 0. The Kier molecular flexibility index (Phi) is 10.9. The Hall–Kier alpha value is -4.90. The number of imidazole rings is 1. The van der Waals surface area contributed by atoms with Crippen LogP contribution in [-0.4, -0.2) is 19.5 Å². The summed E-state index contributed by atoms with van der Waals surface area (Å²) >= 11 is 0. The van der Waals surface area contributed by atoms with E-state index in [2.05, 4.69) is 126 Å². The number of benzene rings is 4. The second-order valence-corrected chi connectivity index (χ2v) is 15.4. The average molecular weight is 875 g/mol. The summed E-state index contributed by atoms with van der Waals surface area (Å²) in [6.45, 7) is 19.8. The van der Waals surface area contributed by atoms with Crippen LogP contribution in [0.25, 0.3) is 61.3 Å². The van der Waals surface area contributed by atoms with Crippen LogP contribution in [0.4, 0.5) is 0 Å². The number of aromatic nitrogens is 4. The number of aryl methyl sites for hydroxylation is 2. The van der Waals surface area contributed by atoms with E-state index in [4.69, 9.17) is 14.4 Å². The van der Waals surface area contributed by atoms with Crippen molar-refractivity contribution in [2.45, 2.75) is 79.6 Å². The van der Waals surface area contributed by atoms with Crippen molar-refractivity contribution >= 4 is 33.0 Å². The Morgan fingerprint density at radius 3 is 2.09 bits per heavy atom. The number of rotatable bonds is 5. The minimum atomic E-state index is -0.115. The number of nitrogens with zero attached hydrogens (tertiary/aromatic N) is 4. The zero-order valence-electron chi connectivity index (χ0n) is 32.0. The predicted molar refractivity (Wildman–Crippen MR) is 215 cm³/mol. The first-order chi connectivity index (χ1) is 24.9. The summed E-state index contributed by atoms with van der Waals surface area (Å²) in [7, 11) is 0. The zero-order valence-corrected chi connectivity index (χ0v) is 34.4. The Labute approximate surface area is 326 Å². The molecule has 4 aromatic carbocycles. The molecular formula is C47H46IrN4O-2. The molecule has 0 aliphatic rings. The summed E-state index contributed by atoms with van der Waals surface area (Å²) in [5.41, 5.74) is 13.7.